The molecule has 4 N–H and O–H groups in total. The molecule has 1 aliphatic carbocycles. The Kier molecular flexibility index (Phi) is 11.5. The molecule has 2 aromatic carbocycles. The fourth-order valence-electron chi connectivity index (χ4n) is 7.22. The summed E-state index contributed by atoms with van der Waals surface area (Å²) in [4.78, 5) is 41.5. The lowest BCUT2D eigenvalue weighted by Gasteiger charge is -2.37. The normalized spacial score (nSPS) is 18.3. The molecule has 1 saturated heterocycles. The summed E-state index contributed by atoms with van der Waals surface area (Å²) in [6.45, 7) is 3.43. The van der Waals surface area contributed by atoms with E-state index in [0.29, 0.717) is 64.8 Å². The average molecular weight is 828 g/mol. The van der Waals surface area contributed by atoms with Crippen LogP contribution >= 0.6 is 34.3 Å². The van der Waals surface area contributed by atoms with Gasteiger partial charge in [-0.2, -0.15) is 0 Å². The second-order valence-electron chi connectivity index (χ2n) is 13.9. The Bertz CT molecular complexity index is 2320. The number of anilines is 6. The number of nitrogens with zero attached hydrogens (tertiary/aromatic N) is 7. The number of benzene rings is 2. The van der Waals surface area contributed by atoms with Gasteiger partial charge in [-0.15, -0.1) is 11.3 Å². The average Bonchev–Trinajstić information content (AvgIpc) is 3.90. The fourth-order valence-corrected chi connectivity index (χ4v) is 8.85. The fraction of sp³-hybridized carbons (Fsp3) is 0.300. The van der Waals surface area contributed by atoms with Crippen molar-refractivity contribution < 1.29 is 23.8 Å². The molecule has 5 heterocycles. The number of aliphatic carboxylic acids is 1. The molecule has 294 valence electrons. The topological polar surface area (TPSA) is 165 Å². The van der Waals surface area contributed by atoms with Gasteiger partial charge in [0.15, 0.2) is 21.8 Å². The third-order valence-electron chi connectivity index (χ3n) is 10.2. The van der Waals surface area contributed by atoms with Gasteiger partial charge in [0.2, 0.25) is 5.95 Å². The monoisotopic (exact) mass is 827 g/mol. The molecule has 1 saturated carbocycles. The lowest BCUT2D eigenvalue weighted by molar-refractivity contribution is -0.152. The molecule has 0 atom stereocenters. The molecule has 2 aliphatic rings. The van der Waals surface area contributed by atoms with Gasteiger partial charge in [-0.25, -0.2) is 29.3 Å². The predicted molar refractivity (Wildman–Crippen MR) is 221 cm³/mol. The first-order chi connectivity index (χ1) is 27.7. The molecule has 4 aromatic heterocycles. The SMILES string of the molecule is Nc1nc(CN(c2cccc(C[C@]3(C(=O)O)CC[C@H](Oc4cccc(Cl)c4F)CC3)n2)c2nccs2)c(-c2ccnc(Nc3ccc(N4CCOCC4)cc3)n2)s1. The number of rotatable bonds is 13. The maximum Gasteiger partial charge on any atom is 0.310 e. The number of carboxylic acids is 1. The van der Waals surface area contributed by atoms with Crippen molar-refractivity contribution in [2.45, 2.75) is 44.8 Å². The molecule has 8 rings (SSSR count). The van der Waals surface area contributed by atoms with Gasteiger partial charge in [0.1, 0.15) is 5.82 Å². The number of carboxylic acid groups (broad SMARTS) is 1. The van der Waals surface area contributed by atoms with Gasteiger partial charge in [-0.3, -0.25) is 9.69 Å². The smallest absolute Gasteiger partial charge is 0.310 e. The number of nitrogen functional groups attached to an aromatic ring is 1. The number of pyridine rings is 1. The van der Waals surface area contributed by atoms with Crippen molar-refractivity contribution in [1.29, 1.82) is 0 Å². The van der Waals surface area contributed by atoms with E-state index in [1.165, 1.54) is 34.8 Å². The first-order valence-electron chi connectivity index (χ1n) is 18.5. The Morgan fingerprint density at radius 3 is 2.58 bits per heavy atom. The van der Waals surface area contributed by atoms with Crippen LogP contribution in [0.25, 0.3) is 10.6 Å². The van der Waals surface area contributed by atoms with E-state index < -0.39 is 17.2 Å². The Morgan fingerprint density at radius 2 is 1.82 bits per heavy atom. The van der Waals surface area contributed by atoms with Crippen LogP contribution in [0.2, 0.25) is 5.02 Å². The van der Waals surface area contributed by atoms with Crippen LogP contribution in [0.1, 0.15) is 37.1 Å². The highest BCUT2D eigenvalue weighted by Gasteiger charge is 2.43. The summed E-state index contributed by atoms with van der Waals surface area (Å²) in [5.41, 5.74) is 9.21. The van der Waals surface area contributed by atoms with Crippen molar-refractivity contribution in [1.82, 2.24) is 24.9 Å². The van der Waals surface area contributed by atoms with Gasteiger partial charge in [-0.05, 0) is 80.3 Å². The zero-order chi connectivity index (χ0) is 39.4. The van der Waals surface area contributed by atoms with Crippen LogP contribution in [0.15, 0.2) is 84.5 Å². The minimum absolute atomic E-state index is 0.0201. The van der Waals surface area contributed by atoms with Crippen LogP contribution in [-0.4, -0.2) is 68.4 Å². The number of hydrogen-bond acceptors (Lipinski definition) is 14. The van der Waals surface area contributed by atoms with Crippen molar-refractivity contribution in [2.24, 2.45) is 5.41 Å². The summed E-state index contributed by atoms with van der Waals surface area (Å²) in [6.07, 6.45) is 4.86. The number of carbonyl (C=O) groups is 1. The molecule has 0 amide bonds. The molecule has 1 aliphatic heterocycles. The van der Waals surface area contributed by atoms with E-state index in [1.807, 2.05) is 46.7 Å². The number of ether oxygens (including phenoxy) is 2. The minimum Gasteiger partial charge on any atom is -0.487 e. The standard InChI is InChI=1S/C40H39ClFN9O4S2/c41-29-4-2-5-32(34(29)42)55-28-11-14-40(15-12-28,36(52)53)23-26-3-1-6-33(46-26)51(39-45-17-22-56-39)24-31-35(57-37(43)48-31)30-13-16-44-38(49-30)47-25-7-9-27(10-8-25)50-18-20-54-21-19-50/h1-10,13,16-17,22,28H,11-12,14-15,18-21,23-24H2,(H2,43,48)(H,52,53)(H,44,47,49)/t28-,40-. The highest BCUT2D eigenvalue weighted by molar-refractivity contribution is 7.18. The van der Waals surface area contributed by atoms with Crippen LogP contribution in [0.5, 0.6) is 5.75 Å². The minimum atomic E-state index is -1.07. The highest BCUT2D eigenvalue weighted by Crippen LogP contribution is 2.42. The molecule has 0 unspecified atom stereocenters. The van der Waals surface area contributed by atoms with Crippen LogP contribution < -0.4 is 25.6 Å². The van der Waals surface area contributed by atoms with Crippen molar-refractivity contribution >= 4 is 73.6 Å². The van der Waals surface area contributed by atoms with Crippen molar-refractivity contribution in [3.8, 4) is 16.3 Å². The number of nitrogens with two attached hydrogens (primary N) is 1. The van der Waals surface area contributed by atoms with E-state index >= 15 is 0 Å². The molecular weight excluding hydrogens is 789 g/mol. The van der Waals surface area contributed by atoms with E-state index in [4.69, 9.17) is 41.8 Å². The van der Waals surface area contributed by atoms with Gasteiger partial charge in [-0.1, -0.05) is 35.1 Å². The second-order valence-corrected chi connectivity index (χ2v) is 16.2. The van der Waals surface area contributed by atoms with Crippen LogP contribution in [-0.2, 0) is 22.5 Å². The number of morpholine rings is 1. The zero-order valence-corrected chi connectivity index (χ0v) is 33.1. The molecule has 0 radical (unpaired) electrons. The Morgan fingerprint density at radius 1 is 1.04 bits per heavy atom. The highest BCUT2D eigenvalue weighted by atomic mass is 35.5. The number of aromatic nitrogens is 5. The number of hydrogen-bond donors (Lipinski definition) is 3. The maximum atomic E-state index is 14.5. The van der Waals surface area contributed by atoms with Crippen molar-refractivity contribution in [3.63, 3.8) is 0 Å². The van der Waals surface area contributed by atoms with E-state index in [2.05, 4.69) is 32.3 Å². The van der Waals surface area contributed by atoms with Gasteiger partial charge >= 0.3 is 5.97 Å². The molecule has 6 aromatic rings. The third-order valence-corrected chi connectivity index (χ3v) is 12.2. The maximum absolute atomic E-state index is 14.5. The summed E-state index contributed by atoms with van der Waals surface area (Å²) in [5.74, 6) is -0.433. The van der Waals surface area contributed by atoms with Gasteiger partial charge < -0.3 is 30.5 Å². The molecule has 17 heteroatoms. The summed E-state index contributed by atoms with van der Waals surface area (Å²) in [7, 11) is 0. The molecule has 0 bridgehead atoms. The zero-order valence-electron chi connectivity index (χ0n) is 30.7. The summed E-state index contributed by atoms with van der Waals surface area (Å²) in [5, 5.41) is 16.8. The number of halogens is 2. The lowest BCUT2D eigenvalue weighted by atomic mass is 9.70. The Hall–Kier alpha value is -5.42. The number of thiazole rings is 2. The van der Waals surface area contributed by atoms with Crippen LogP contribution in [0.3, 0.4) is 0 Å². The Labute approximate surface area is 341 Å². The molecular formula is C40H39ClFN9O4S2. The second kappa shape index (κ2) is 17.0. The molecule has 13 nitrogen and oxygen atoms in total. The van der Waals surface area contributed by atoms with Gasteiger partial charge in [0.25, 0.3) is 0 Å². The van der Waals surface area contributed by atoms with E-state index in [-0.39, 0.29) is 29.8 Å². The molecule has 2 fully saturated rings. The van der Waals surface area contributed by atoms with Gasteiger partial charge in [0.05, 0.1) is 52.6 Å². The van der Waals surface area contributed by atoms with E-state index in [1.54, 1.807) is 18.5 Å². The Balaban J connectivity index is 0.996. The van der Waals surface area contributed by atoms with Crippen molar-refractivity contribution in [2.75, 3.05) is 47.2 Å². The summed E-state index contributed by atoms with van der Waals surface area (Å²) in [6, 6.07) is 20.2. The van der Waals surface area contributed by atoms with Gasteiger partial charge in [0, 0.05) is 54.4 Å². The third kappa shape index (κ3) is 8.78. The molecule has 57 heavy (non-hydrogen) atoms. The van der Waals surface area contributed by atoms with Crippen molar-refractivity contribution in [3.05, 3.63) is 107 Å². The van der Waals surface area contributed by atoms with Crippen LogP contribution in [0, 0.1) is 11.2 Å². The summed E-state index contributed by atoms with van der Waals surface area (Å²) >= 11 is 8.72. The predicted octanol–water partition coefficient (Wildman–Crippen LogP) is 8.38. The largest absolute Gasteiger partial charge is 0.487 e. The molecule has 0 spiro atoms. The first-order valence-corrected chi connectivity index (χ1v) is 20.6. The quantitative estimate of drug-likeness (QED) is 0.102. The van der Waals surface area contributed by atoms with E-state index in [9.17, 15) is 14.3 Å². The number of nitrogens with one attached hydrogen (secondary N) is 1. The first kappa shape index (κ1) is 38.5. The lowest BCUT2D eigenvalue weighted by Crippen LogP contribution is -2.40. The van der Waals surface area contributed by atoms with E-state index in [0.717, 1.165) is 42.6 Å². The van der Waals surface area contributed by atoms with Crippen LogP contribution in [0.4, 0.5) is 37.8 Å². The summed E-state index contributed by atoms with van der Waals surface area (Å²) < 4.78 is 25.9.